The Morgan fingerprint density at radius 1 is 0.969 bits per heavy atom. The van der Waals surface area contributed by atoms with Gasteiger partial charge >= 0.3 is 0 Å². The standard InChI is InChI=1S/C26H36N4O2/c1-20(2)21-8-10-22(11-9-21)24-12-13-26(32)30(27-24)15-14-25(31)29-18-16-28(17-19-29)23-6-4-3-5-7-23/h8-13,20,23H,3-7,14-19H2,1-2H3. The van der Waals surface area contributed by atoms with Gasteiger partial charge in [0, 0.05) is 50.3 Å². The molecule has 0 N–H and O–H groups in total. The molecule has 1 saturated heterocycles. The first-order valence-electron chi connectivity index (χ1n) is 12.2. The minimum atomic E-state index is -0.164. The largest absolute Gasteiger partial charge is 0.340 e. The number of carbonyl (C=O) groups excluding carboxylic acids is 1. The number of hydrogen-bond donors (Lipinski definition) is 0. The smallest absolute Gasteiger partial charge is 0.266 e. The van der Waals surface area contributed by atoms with Crippen molar-refractivity contribution in [2.45, 2.75) is 70.9 Å². The molecule has 1 saturated carbocycles. The van der Waals surface area contributed by atoms with Crippen LogP contribution < -0.4 is 5.56 Å². The highest BCUT2D eigenvalue weighted by molar-refractivity contribution is 5.76. The number of aromatic nitrogens is 2. The van der Waals surface area contributed by atoms with E-state index in [4.69, 9.17) is 0 Å². The fourth-order valence-electron chi connectivity index (χ4n) is 4.94. The molecule has 1 aromatic heterocycles. The lowest BCUT2D eigenvalue weighted by Crippen LogP contribution is -2.52. The third kappa shape index (κ3) is 5.47. The van der Waals surface area contributed by atoms with Crippen molar-refractivity contribution < 1.29 is 4.79 Å². The molecule has 1 aliphatic carbocycles. The van der Waals surface area contributed by atoms with Gasteiger partial charge in [-0.15, -0.1) is 0 Å². The maximum absolute atomic E-state index is 12.8. The highest BCUT2D eigenvalue weighted by atomic mass is 16.2. The van der Waals surface area contributed by atoms with Gasteiger partial charge in [-0.3, -0.25) is 14.5 Å². The second kappa shape index (κ2) is 10.4. The Morgan fingerprint density at radius 3 is 2.31 bits per heavy atom. The van der Waals surface area contributed by atoms with Gasteiger partial charge in [0.25, 0.3) is 5.56 Å². The second-order valence-corrected chi connectivity index (χ2v) is 9.52. The van der Waals surface area contributed by atoms with E-state index in [0.29, 0.717) is 24.9 Å². The first-order valence-corrected chi connectivity index (χ1v) is 12.2. The Hall–Kier alpha value is -2.47. The zero-order chi connectivity index (χ0) is 22.5. The predicted octanol–water partition coefficient (Wildman–Crippen LogP) is 3.90. The summed E-state index contributed by atoms with van der Waals surface area (Å²) in [7, 11) is 0. The molecule has 4 rings (SSSR count). The van der Waals surface area contributed by atoms with Gasteiger partial charge < -0.3 is 4.90 Å². The topological polar surface area (TPSA) is 58.4 Å². The second-order valence-electron chi connectivity index (χ2n) is 9.52. The molecular weight excluding hydrogens is 400 g/mol. The van der Waals surface area contributed by atoms with Crippen LogP contribution in [-0.2, 0) is 11.3 Å². The number of carbonyl (C=O) groups is 1. The third-order valence-electron chi connectivity index (χ3n) is 7.04. The highest BCUT2D eigenvalue weighted by Gasteiger charge is 2.26. The number of hydrogen-bond acceptors (Lipinski definition) is 4. The van der Waals surface area contributed by atoms with E-state index in [1.54, 1.807) is 12.1 Å². The molecule has 6 nitrogen and oxygen atoms in total. The Morgan fingerprint density at radius 2 is 1.66 bits per heavy atom. The lowest BCUT2D eigenvalue weighted by molar-refractivity contribution is -0.133. The number of benzene rings is 1. The van der Waals surface area contributed by atoms with E-state index in [2.05, 4.69) is 36.0 Å². The summed E-state index contributed by atoms with van der Waals surface area (Å²) in [5.41, 5.74) is 2.85. The van der Waals surface area contributed by atoms with Gasteiger partial charge in [0.1, 0.15) is 0 Å². The van der Waals surface area contributed by atoms with Crippen LogP contribution in [0.2, 0.25) is 0 Å². The number of piperazine rings is 1. The number of nitrogens with zero attached hydrogens (tertiary/aromatic N) is 4. The molecule has 32 heavy (non-hydrogen) atoms. The molecule has 1 aliphatic heterocycles. The van der Waals surface area contributed by atoms with Crippen LogP contribution in [0.25, 0.3) is 11.3 Å². The number of aryl methyl sites for hydroxylation is 1. The van der Waals surface area contributed by atoms with Gasteiger partial charge in [-0.25, -0.2) is 4.68 Å². The van der Waals surface area contributed by atoms with Crippen molar-refractivity contribution in [3.05, 3.63) is 52.3 Å². The van der Waals surface area contributed by atoms with Crippen LogP contribution >= 0.6 is 0 Å². The highest BCUT2D eigenvalue weighted by Crippen LogP contribution is 2.24. The van der Waals surface area contributed by atoms with Gasteiger partial charge in [0.15, 0.2) is 0 Å². The molecule has 2 aliphatic rings. The minimum absolute atomic E-state index is 0.119. The van der Waals surface area contributed by atoms with Crippen molar-refractivity contribution in [1.29, 1.82) is 0 Å². The summed E-state index contributed by atoms with van der Waals surface area (Å²) in [5, 5.41) is 4.53. The first kappa shape index (κ1) is 22.7. The monoisotopic (exact) mass is 436 g/mol. The summed E-state index contributed by atoms with van der Waals surface area (Å²) in [6.07, 6.45) is 6.97. The lowest BCUT2D eigenvalue weighted by atomic mass is 9.94. The average Bonchev–Trinajstić information content (AvgIpc) is 2.84. The van der Waals surface area contributed by atoms with Gasteiger partial charge in [-0.2, -0.15) is 5.10 Å². The van der Waals surface area contributed by atoms with Crippen molar-refractivity contribution >= 4 is 5.91 Å². The summed E-state index contributed by atoms with van der Waals surface area (Å²) in [4.78, 5) is 29.6. The van der Waals surface area contributed by atoms with Crippen LogP contribution in [0.4, 0.5) is 0 Å². The van der Waals surface area contributed by atoms with Crippen molar-refractivity contribution in [3.8, 4) is 11.3 Å². The molecule has 0 unspecified atom stereocenters. The molecule has 2 aromatic rings. The summed E-state index contributed by atoms with van der Waals surface area (Å²) in [6, 6.07) is 12.3. The van der Waals surface area contributed by atoms with Crippen LogP contribution in [0.1, 0.15) is 63.9 Å². The van der Waals surface area contributed by atoms with E-state index >= 15 is 0 Å². The van der Waals surface area contributed by atoms with Crippen LogP contribution in [0.3, 0.4) is 0 Å². The van der Waals surface area contributed by atoms with E-state index in [-0.39, 0.29) is 11.5 Å². The zero-order valence-electron chi connectivity index (χ0n) is 19.5. The lowest BCUT2D eigenvalue weighted by Gasteiger charge is -2.40. The molecule has 0 atom stereocenters. The van der Waals surface area contributed by atoms with Crippen LogP contribution in [0, 0.1) is 0 Å². The van der Waals surface area contributed by atoms with Gasteiger partial charge in [0.05, 0.1) is 12.2 Å². The van der Waals surface area contributed by atoms with Crippen LogP contribution in [0.15, 0.2) is 41.2 Å². The SMILES string of the molecule is CC(C)c1ccc(-c2ccc(=O)n(CCC(=O)N3CCN(C4CCCCC4)CC3)n2)cc1. The molecule has 2 fully saturated rings. The zero-order valence-corrected chi connectivity index (χ0v) is 19.5. The molecule has 0 spiro atoms. The molecule has 1 amide bonds. The quantitative estimate of drug-likeness (QED) is 0.689. The minimum Gasteiger partial charge on any atom is -0.340 e. The summed E-state index contributed by atoms with van der Waals surface area (Å²) in [5.74, 6) is 0.593. The van der Waals surface area contributed by atoms with Crippen molar-refractivity contribution in [2.75, 3.05) is 26.2 Å². The van der Waals surface area contributed by atoms with Crippen molar-refractivity contribution in [3.63, 3.8) is 0 Å². The first-order chi connectivity index (χ1) is 15.5. The fraction of sp³-hybridized carbons (Fsp3) is 0.577. The molecule has 172 valence electrons. The van der Waals surface area contributed by atoms with Gasteiger partial charge in [-0.05, 0) is 30.4 Å². The van der Waals surface area contributed by atoms with Crippen LogP contribution in [-0.4, -0.2) is 57.7 Å². The molecular formula is C26H36N4O2. The normalized spacial score (nSPS) is 18.3. The van der Waals surface area contributed by atoms with E-state index in [0.717, 1.165) is 37.4 Å². The Balaban J connectivity index is 1.33. The number of amides is 1. The average molecular weight is 437 g/mol. The number of rotatable bonds is 6. The van der Waals surface area contributed by atoms with Crippen molar-refractivity contribution in [1.82, 2.24) is 19.6 Å². The maximum Gasteiger partial charge on any atom is 0.266 e. The molecule has 2 heterocycles. The molecule has 6 heteroatoms. The van der Waals surface area contributed by atoms with E-state index in [1.165, 1.54) is 42.3 Å². The molecule has 0 bridgehead atoms. The maximum atomic E-state index is 12.8. The fourth-order valence-corrected chi connectivity index (χ4v) is 4.94. The Bertz CT molecular complexity index is 953. The van der Waals surface area contributed by atoms with Crippen molar-refractivity contribution in [2.24, 2.45) is 0 Å². The van der Waals surface area contributed by atoms with E-state index < -0.39 is 0 Å². The Kier molecular flexibility index (Phi) is 7.40. The third-order valence-corrected chi connectivity index (χ3v) is 7.04. The van der Waals surface area contributed by atoms with Gasteiger partial charge in [0.2, 0.25) is 5.91 Å². The summed E-state index contributed by atoms with van der Waals surface area (Å²) < 4.78 is 1.43. The van der Waals surface area contributed by atoms with Gasteiger partial charge in [-0.1, -0.05) is 57.4 Å². The van der Waals surface area contributed by atoms with E-state index in [9.17, 15) is 9.59 Å². The van der Waals surface area contributed by atoms with Crippen LogP contribution in [0.5, 0.6) is 0 Å². The molecule has 0 radical (unpaired) electrons. The molecule has 1 aromatic carbocycles. The Labute approximate surface area is 191 Å². The van der Waals surface area contributed by atoms with E-state index in [1.807, 2.05) is 17.0 Å². The predicted molar refractivity (Wildman–Crippen MR) is 128 cm³/mol. The summed E-state index contributed by atoms with van der Waals surface area (Å²) in [6.45, 7) is 8.17. The summed E-state index contributed by atoms with van der Waals surface area (Å²) >= 11 is 0.